The van der Waals surface area contributed by atoms with Gasteiger partial charge in [-0.05, 0) is 18.8 Å². The smallest absolute Gasteiger partial charge is 0.233 e. The minimum Gasteiger partial charge on any atom is -0.396 e. The van der Waals surface area contributed by atoms with E-state index in [0.717, 1.165) is 19.3 Å². The first-order chi connectivity index (χ1) is 6.24. The quantitative estimate of drug-likeness (QED) is 0.520. The second-order valence-electron chi connectivity index (χ2n) is 3.18. The minimum atomic E-state index is -0.126. The van der Waals surface area contributed by atoms with Crippen molar-refractivity contribution in [3.05, 3.63) is 0 Å². The molecule has 1 atom stereocenters. The zero-order chi connectivity index (χ0) is 10.1. The lowest BCUT2D eigenvalue weighted by atomic mass is 10.0. The van der Waals surface area contributed by atoms with E-state index in [-0.39, 0.29) is 19.1 Å². The van der Waals surface area contributed by atoms with Crippen LogP contribution in [0.1, 0.15) is 26.2 Å². The number of carbonyl (C=O) groups excluding carboxylic acids is 1. The molecule has 0 aromatic rings. The number of nitrogens with two attached hydrogens (primary N) is 1. The Morgan fingerprint density at radius 1 is 1.54 bits per heavy atom. The fourth-order valence-electron chi connectivity index (χ4n) is 1.27. The van der Waals surface area contributed by atoms with Crippen LogP contribution in [0, 0.1) is 5.92 Å². The van der Waals surface area contributed by atoms with Gasteiger partial charge in [0.05, 0.1) is 6.54 Å². The molecule has 1 amide bonds. The number of rotatable bonds is 7. The molecule has 1 unspecified atom stereocenters. The Hall–Kier alpha value is -0.610. The summed E-state index contributed by atoms with van der Waals surface area (Å²) in [5.41, 5.74) is 5.14. The summed E-state index contributed by atoms with van der Waals surface area (Å²) in [6, 6.07) is 0. The van der Waals surface area contributed by atoms with E-state index in [0.29, 0.717) is 12.5 Å². The van der Waals surface area contributed by atoms with E-state index in [1.54, 1.807) is 0 Å². The van der Waals surface area contributed by atoms with Crippen molar-refractivity contribution in [3.8, 4) is 0 Å². The summed E-state index contributed by atoms with van der Waals surface area (Å²) < 4.78 is 0. The van der Waals surface area contributed by atoms with Crippen molar-refractivity contribution >= 4 is 5.91 Å². The molecule has 0 aromatic heterocycles. The molecule has 4 nitrogen and oxygen atoms in total. The molecular formula is C9H20N2O2. The van der Waals surface area contributed by atoms with Crippen LogP contribution in [0.3, 0.4) is 0 Å². The highest BCUT2D eigenvalue weighted by Gasteiger charge is 2.07. The molecule has 0 fully saturated rings. The van der Waals surface area contributed by atoms with Crippen molar-refractivity contribution in [2.75, 3.05) is 19.7 Å². The Balaban J connectivity index is 3.61. The highest BCUT2D eigenvalue weighted by atomic mass is 16.3. The average Bonchev–Trinajstić information content (AvgIpc) is 2.14. The lowest BCUT2D eigenvalue weighted by Crippen LogP contribution is -2.34. The summed E-state index contributed by atoms with van der Waals surface area (Å²) in [6.45, 7) is 2.95. The summed E-state index contributed by atoms with van der Waals surface area (Å²) in [5.74, 6) is 0.254. The first kappa shape index (κ1) is 12.4. The molecule has 0 bridgehead atoms. The van der Waals surface area contributed by atoms with E-state index in [9.17, 15) is 4.79 Å². The van der Waals surface area contributed by atoms with Gasteiger partial charge in [-0.1, -0.05) is 13.3 Å². The van der Waals surface area contributed by atoms with Gasteiger partial charge in [0.1, 0.15) is 0 Å². The standard InChI is InChI=1S/C9H20N2O2/c1-2-3-8(4-5-12)7-11-9(13)6-10/h8,12H,2-7,10H2,1H3,(H,11,13). The molecule has 0 aromatic carbocycles. The number of nitrogens with one attached hydrogen (secondary N) is 1. The molecule has 0 saturated carbocycles. The predicted molar refractivity (Wildman–Crippen MR) is 52.2 cm³/mol. The maximum absolute atomic E-state index is 10.8. The Labute approximate surface area is 79.5 Å². The van der Waals surface area contributed by atoms with Gasteiger partial charge < -0.3 is 16.2 Å². The number of amides is 1. The van der Waals surface area contributed by atoms with Crippen LogP contribution in [-0.2, 0) is 4.79 Å². The van der Waals surface area contributed by atoms with Crippen LogP contribution in [0.4, 0.5) is 0 Å². The molecular weight excluding hydrogens is 168 g/mol. The van der Waals surface area contributed by atoms with E-state index in [1.165, 1.54) is 0 Å². The van der Waals surface area contributed by atoms with Crippen LogP contribution in [0.2, 0.25) is 0 Å². The van der Waals surface area contributed by atoms with Gasteiger partial charge in [0.15, 0.2) is 0 Å². The van der Waals surface area contributed by atoms with E-state index < -0.39 is 0 Å². The molecule has 4 N–H and O–H groups in total. The predicted octanol–water partition coefficient (Wildman–Crippen LogP) is -0.140. The van der Waals surface area contributed by atoms with Crippen LogP contribution in [0.5, 0.6) is 0 Å². The lowest BCUT2D eigenvalue weighted by molar-refractivity contribution is -0.119. The third-order valence-corrected chi connectivity index (χ3v) is 2.01. The Morgan fingerprint density at radius 2 is 2.23 bits per heavy atom. The zero-order valence-electron chi connectivity index (χ0n) is 8.25. The van der Waals surface area contributed by atoms with Crippen molar-refractivity contribution in [1.29, 1.82) is 0 Å². The SMILES string of the molecule is CCCC(CCO)CNC(=O)CN. The topological polar surface area (TPSA) is 75.3 Å². The molecule has 13 heavy (non-hydrogen) atoms. The summed E-state index contributed by atoms with van der Waals surface area (Å²) in [5, 5.41) is 11.5. The first-order valence-electron chi connectivity index (χ1n) is 4.82. The number of carbonyl (C=O) groups is 1. The highest BCUT2D eigenvalue weighted by Crippen LogP contribution is 2.08. The second kappa shape index (κ2) is 8.01. The van der Waals surface area contributed by atoms with Gasteiger partial charge in [-0.2, -0.15) is 0 Å². The summed E-state index contributed by atoms with van der Waals surface area (Å²) >= 11 is 0. The van der Waals surface area contributed by atoms with Crippen LogP contribution >= 0.6 is 0 Å². The molecule has 4 heteroatoms. The Morgan fingerprint density at radius 3 is 2.69 bits per heavy atom. The van der Waals surface area contributed by atoms with Gasteiger partial charge in [0.2, 0.25) is 5.91 Å². The van der Waals surface area contributed by atoms with Crippen molar-refractivity contribution in [3.63, 3.8) is 0 Å². The highest BCUT2D eigenvalue weighted by molar-refractivity contribution is 5.77. The molecule has 0 aliphatic rings. The molecule has 0 aliphatic carbocycles. The number of hydrogen-bond donors (Lipinski definition) is 3. The van der Waals surface area contributed by atoms with Crippen molar-refractivity contribution in [2.24, 2.45) is 11.7 Å². The van der Waals surface area contributed by atoms with Gasteiger partial charge in [0.25, 0.3) is 0 Å². The minimum absolute atomic E-state index is 0.0397. The van der Waals surface area contributed by atoms with Crippen LogP contribution in [0.15, 0.2) is 0 Å². The largest absolute Gasteiger partial charge is 0.396 e. The summed E-state index contributed by atoms with van der Waals surface area (Å²) in [6.07, 6.45) is 2.85. The molecule has 0 rings (SSSR count). The third kappa shape index (κ3) is 6.54. The van der Waals surface area contributed by atoms with Gasteiger partial charge in [-0.15, -0.1) is 0 Å². The fraction of sp³-hybridized carbons (Fsp3) is 0.889. The molecule has 0 aliphatic heterocycles. The maximum Gasteiger partial charge on any atom is 0.233 e. The van der Waals surface area contributed by atoms with Gasteiger partial charge in [-0.3, -0.25) is 4.79 Å². The Kier molecular flexibility index (Phi) is 7.63. The second-order valence-corrected chi connectivity index (χ2v) is 3.18. The van der Waals surface area contributed by atoms with Crippen LogP contribution in [-0.4, -0.2) is 30.7 Å². The van der Waals surface area contributed by atoms with Gasteiger partial charge in [-0.25, -0.2) is 0 Å². The monoisotopic (exact) mass is 188 g/mol. The van der Waals surface area contributed by atoms with Gasteiger partial charge >= 0.3 is 0 Å². The summed E-state index contributed by atoms with van der Waals surface area (Å²) in [7, 11) is 0. The molecule has 0 saturated heterocycles. The third-order valence-electron chi connectivity index (χ3n) is 2.01. The molecule has 0 radical (unpaired) electrons. The van der Waals surface area contributed by atoms with E-state index in [1.807, 2.05) is 0 Å². The molecule has 0 spiro atoms. The molecule has 0 heterocycles. The van der Waals surface area contributed by atoms with E-state index in [4.69, 9.17) is 10.8 Å². The van der Waals surface area contributed by atoms with Crippen molar-refractivity contribution < 1.29 is 9.90 Å². The number of hydrogen-bond acceptors (Lipinski definition) is 3. The van der Waals surface area contributed by atoms with Crippen LogP contribution in [0.25, 0.3) is 0 Å². The maximum atomic E-state index is 10.8. The zero-order valence-corrected chi connectivity index (χ0v) is 8.25. The normalized spacial score (nSPS) is 12.5. The first-order valence-corrected chi connectivity index (χ1v) is 4.82. The van der Waals surface area contributed by atoms with E-state index >= 15 is 0 Å². The van der Waals surface area contributed by atoms with E-state index in [2.05, 4.69) is 12.2 Å². The van der Waals surface area contributed by atoms with Gasteiger partial charge in [0, 0.05) is 13.2 Å². The summed E-state index contributed by atoms with van der Waals surface area (Å²) in [4.78, 5) is 10.8. The molecule has 78 valence electrons. The van der Waals surface area contributed by atoms with Crippen LogP contribution < -0.4 is 11.1 Å². The van der Waals surface area contributed by atoms with Crippen molar-refractivity contribution in [1.82, 2.24) is 5.32 Å². The lowest BCUT2D eigenvalue weighted by Gasteiger charge is -2.14. The van der Waals surface area contributed by atoms with Crippen molar-refractivity contribution in [2.45, 2.75) is 26.2 Å². The average molecular weight is 188 g/mol. The Bertz CT molecular complexity index is 134. The fourth-order valence-corrected chi connectivity index (χ4v) is 1.27. The number of aliphatic hydroxyl groups is 1. The number of aliphatic hydroxyl groups excluding tert-OH is 1.